The van der Waals surface area contributed by atoms with Crippen LogP contribution in [0.3, 0.4) is 0 Å². The van der Waals surface area contributed by atoms with Crippen molar-refractivity contribution in [3.63, 3.8) is 0 Å². The number of carbonyl (C=O) groups is 1. The second-order valence-electron chi connectivity index (χ2n) is 10.1. The summed E-state index contributed by atoms with van der Waals surface area (Å²) in [6.45, 7) is 4.86. The number of ether oxygens (including phenoxy) is 2. The number of phenols is 1. The molecule has 9 nitrogen and oxygen atoms in total. The highest BCUT2D eigenvalue weighted by Crippen LogP contribution is 2.41. The van der Waals surface area contributed by atoms with Crippen molar-refractivity contribution in [2.24, 2.45) is 0 Å². The van der Waals surface area contributed by atoms with Crippen LogP contribution in [0.2, 0.25) is 0 Å². The van der Waals surface area contributed by atoms with Gasteiger partial charge in [-0.1, -0.05) is 13.0 Å². The van der Waals surface area contributed by atoms with Gasteiger partial charge >= 0.3 is 6.01 Å². The number of amides is 1. The molecule has 2 N–H and O–H groups in total. The molecule has 6 rings (SSSR count). The number of carbonyl (C=O) groups excluding carboxylic acids is 1. The molecular formula is C28H31F2N5O4. The number of halogens is 2. The zero-order valence-electron chi connectivity index (χ0n) is 21.8. The largest absolute Gasteiger partial charge is 0.508 e. The molecule has 3 aromatic rings. The van der Waals surface area contributed by atoms with Crippen molar-refractivity contribution >= 4 is 28.2 Å². The lowest BCUT2D eigenvalue weighted by Crippen LogP contribution is -2.35. The van der Waals surface area contributed by atoms with E-state index >= 15 is 0 Å². The number of phenolic OH excluding ortho intramolecular Hbond substituents is 1. The summed E-state index contributed by atoms with van der Waals surface area (Å²) in [7, 11) is 0. The van der Waals surface area contributed by atoms with Crippen molar-refractivity contribution in [1.82, 2.24) is 15.3 Å². The van der Waals surface area contributed by atoms with Crippen LogP contribution in [0.1, 0.15) is 41.4 Å². The predicted octanol–water partition coefficient (Wildman–Crippen LogP) is 3.50. The molecule has 0 saturated carbocycles. The number of aromatic nitrogens is 2. The molecule has 3 aliphatic heterocycles. The zero-order valence-corrected chi connectivity index (χ0v) is 21.8. The molecule has 1 aromatic heterocycles. The van der Waals surface area contributed by atoms with Gasteiger partial charge in [0.05, 0.1) is 30.6 Å². The van der Waals surface area contributed by atoms with E-state index in [0.29, 0.717) is 84.8 Å². The van der Waals surface area contributed by atoms with Crippen LogP contribution in [-0.2, 0) is 17.7 Å². The van der Waals surface area contributed by atoms with E-state index < -0.39 is 12.2 Å². The van der Waals surface area contributed by atoms with Crippen LogP contribution in [0.15, 0.2) is 24.3 Å². The molecule has 4 heterocycles. The molecule has 2 atom stereocenters. The number of rotatable bonds is 6. The first kappa shape index (κ1) is 25.7. The van der Waals surface area contributed by atoms with Gasteiger partial charge in [0, 0.05) is 31.1 Å². The minimum absolute atomic E-state index is 0.0280. The molecular weight excluding hydrogens is 508 g/mol. The summed E-state index contributed by atoms with van der Waals surface area (Å²) in [5.41, 5.74) is 1.69. The summed E-state index contributed by atoms with van der Waals surface area (Å²) in [4.78, 5) is 26.7. The zero-order chi connectivity index (χ0) is 27.1. The number of nitrogens with one attached hydrogen (secondary N) is 1. The summed E-state index contributed by atoms with van der Waals surface area (Å²) >= 11 is 0. The molecule has 0 aliphatic carbocycles. The number of fused-ring (bicyclic) bond motifs is 2. The van der Waals surface area contributed by atoms with E-state index in [4.69, 9.17) is 9.47 Å². The third kappa shape index (κ3) is 4.74. The van der Waals surface area contributed by atoms with Gasteiger partial charge in [0.1, 0.15) is 35.7 Å². The molecule has 2 saturated heterocycles. The SMILES string of the molecule is CCc1c(F)ccc2cc(O)cc(N3Cc4nc(OCC5NCCC5F)nc(N5CCCOCC5)c4C3=O)c12. The fraction of sp³-hybridized carbons (Fsp3) is 0.464. The van der Waals surface area contributed by atoms with Gasteiger partial charge in [0.2, 0.25) is 0 Å². The van der Waals surface area contributed by atoms with Gasteiger partial charge in [-0.2, -0.15) is 9.97 Å². The van der Waals surface area contributed by atoms with E-state index in [1.807, 2.05) is 11.8 Å². The number of hydrogen-bond acceptors (Lipinski definition) is 8. The Morgan fingerprint density at radius 2 is 2.10 bits per heavy atom. The van der Waals surface area contributed by atoms with Crippen LogP contribution in [0.5, 0.6) is 11.8 Å². The van der Waals surface area contributed by atoms with E-state index in [1.165, 1.54) is 17.0 Å². The molecule has 0 radical (unpaired) electrons. The molecule has 0 bridgehead atoms. The molecule has 1 amide bonds. The van der Waals surface area contributed by atoms with E-state index in [0.717, 1.165) is 6.42 Å². The van der Waals surface area contributed by atoms with Crippen LogP contribution in [0.4, 0.5) is 20.3 Å². The van der Waals surface area contributed by atoms with Crippen molar-refractivity contribution in [1.29, 1.82) is 0 Å². The van der Waals surface area contributed by atoms with E-state index in [9.17, 15) is 18.7 Å². The highest BCUT2D eigenvalue weighted by Gasteiger charge is 2.38. The Morgan fingerprint density at radius 1 is 1.23 bits per heavy atom. The lowest BCUT2D eigenvalue weighted by Gasteiger charge is -2.24. The van der Waals surface area contributed by atoms with E-state index in [1.54, 1.807) is 12.1 Å². The maximum Gasteiger partial charge on any atom is 0.318 e. The summed E-state index contributed by atoms with van der Waals surface area (Å²) in [6.07, 6.45) is 0.599. The smallest absolute Gasteiger partial charge is 0.318 e. The van der Waals surface area contributed by atoms with Crippen LogP contribution in [0, 0.1) is 5.82 Å². The molecule has 11 heteroatoms. The lowest BCUT2D eigenvalue weighted by atomic mass is 9.99. The molecule has 0 spiro atoms. The Kier molecular flexibility index (Phi) is 6.94. The fourth-order valence-corrected chi connectivity index (χ4v) is 5.71. The van der Waals surface area contributed by atoms with Gasteiger partial charge in [-0.3, -0.25) is 4.79 Å². The van der Waals surface area contributed by atoms with Crippen molar-refractivity contribution < 1.29 is 28.2 Å². The Labute approximate surface area is 224 Å². The van der Waals surface area contributed by atoms with Crippen LogP contribution in [-0.4, -0.2) is 72.7 Å². The van der Waals surface area contributed by atoms with E-state index in [2.05, 4.69) is 15.3 Å². The second kappa shape index (κ2) is 10.5. The minimum Gasteiger partial charge on any atom is -0.508 e. The topological polar surface area (TPSA) is 100 Å². The van der Waals surface area contributed by atoms with Crippen molar-refractivity contribution in [2.75, 3.05) is 49.3 Å². The lowest BCUT2D eigenvalue weighted by molar-refractivity contribution is 0.0997. The first-order chi connectivity index (χ1) is 18.9. The number of hydrogen-bond donors (Lipinski definition) is 2. The minimum atomic E-state index is -1.01. The normalized spacial score (nSPS) is 21.5. The Hall–Kier alpha value is -3.57. The standard InChI is InChI=1S/C28H31F2N5O4/c1-2-18-19(29)5-4-16-12-17(36)13-23(24(16)18)35-14-21-25(27(35)37)26(34-8-3-10-38-11-9-34)33-28(32-21)39-15-22-20(30)6-7-31-22/h4-5,12-13,20,22,31,36H,2-3,6-11,14-15H2,1H3. The highest BCUT2D eigenvalue weighted by molar-refractivity contribution is 6.16. The van der Waals surface area contributed by atoms with Crippen molar-refractivity contribution in [3.05, 3.63) is 46.9 Å². The number of benzene rings is 2. The maximum atomic E-state index is 14.8. The summed E-state index contributed by atoms with van der Waals surface area (Å²) in [5.74, 6) is -0.292. The number of anilines is 2. The van der Waals surface area contributed by atoms with Crippen molar-refractivity contribution in [2.45, 2.75) is 44.9 Å². The average Bonchev–Trinajstić information content (AvgIpc) is 3.36. The number of alkyl halides is 1. The van der Waals surface area contributed by atoms with Crippen LogP contribution in [0.25, 0.3) is 10.8 Å². The first-order valence-corrected chi connectivity index (χ1v) is 13.4. The molecule has 2 fully saturated rings. The van der Waals surface area contributed by atoms with Gasteiger partial charge in [-0.15, -0.1) is 0 Å². The monoisotopic (exact) mass is 539 g/mol. The average molecular weight is 540 g/mol. The van der Waals surface area contributed by atoms with Gasteiger partial charge in [0.15, 0.2) is 0 Å². The predicted molar refractivity (Wildman–Crippen MR) is 142 cm³/mol. The van der Waals surface area contributed by atoms with Crippen molar-refractivity contribution in [3.8, 4) is 11.8 Å². The Bertz CT molecular complexity index is 1410. The fourth-order valence-electron chi connectivity index (χ4n) is 5.71. The molecule has 39 heavy (non-hydrogen) atoms. The van der Waals surface area contributed by atoms with Gasteiger partial charge in [-0.25, -0.2) is 8.78 Å². The molecule has 2 unspecified atom stereocenters. The highest BCUT2D eigenvalue weighted by atomic mass is 19.1. The number of nitrogens with zero attached hydrogens (tertiary/aromatic N) is 4. The molecule has 3 aliphatic rings. The summed E-state index contributed by atoms with van der Waals surface area (Å²) < 4.78 is 40.5. The van der Waals surface area contributed by atoms with Gasteiger partial charge < -0.3 is 29.7 Å². The van der Waals surface area contributed by atoms with Crippen LogP contribution >= 0.6 is 0 Å². The molecule has 2 aromatic carbocycles. The quantitative estimate of drug-likeness (QED) is 0.491. The first-order valence-electron chi connectivity index (χ1n) is 13.4. The second-order valence-corrected chi connectivity index (χ2v) is 10.1. The summed E-state index contributed by atoms with van der Waals surface area (Å²) in [6, 6.07) is 5.66. The summed E-state index contributed by atoms with van der Waals surface area (Å²) in [5, 5.41) is 14.8. The number of aromatic hydroxyl groups is 1. The maximum absolute atomic E-state index is 14.8. The van der Waals surface area contributed by atoms with Gasteiger partial charge in [-0.05, 0) is 48.9 Å². The Balaban J connectivity index is 1.42. The third-order valence-corrected chi connectivity index (χ3v) is 7.66. The van der Waals surface area contributed by atoms with Gasteiger partial charge in [0.25, 0.3) is 5.91 Å². The third-order valence-electron chi connectivity index (χ3n) is 7.66. The van der Waals surface area contributed by atoms with Crippen LogP contribution < -0.4 is 19.9 Å². The Morgan fingerprint density at radius 3 is 2.90 bits per heavy atom. The molecule has 206 valence electrons. The van der Waals surface area contributed by atoms with E-state index in [-0.39, 0.29) is 36.6 Å². The number of aryl methyl sites for hydroxylation is 1.